The number of rotatable bonds is 5. The van der Waals surface area contributed by atoms with Crippen LogP contribution < -0.4 is 5.32 Å². The van der Waals surface area contributed by atoms with Gasteiger partial charge < -0.3 is 15.0 Å². The molecule has 0 saturated carbocycles. The van der Waals surface area contributed by atoms with Crippen LogP contribution in [0.25, 0.3) is 0 Å². The molecule has 0 heterocycles. The number of benzene rings is 1. The van der Waals surface area contributed by atoms with E-state index >= 15 is 0 Å². The van der Waals surface area contributed by atoms with Crippen LogP contribution in [-0.2, 0) is 11.3 Å². The van der Waals surface area contributed by atoms with Gasteiger partial charge in [-0.15, -0.1) is 24.0 Å². The van der Waals surface area contributed by atoms with Crippen molar-refractivity contribution in [2.45, 2.75) is 6.54 Å². The minimum Gasteiger partial charge on any atom is -0.383 e. The van der Waals surface area contributed by atoms with Crippen molar-refractivity contribution in [3.05, 3.63) is 34.9 Å². The topological polar surface area (TPSA) is 36.9 Å². The molecule has 0 aliphatic rings. The number of halogens is 2. The number of nitrogens with one attached hydrogen (secondary N) is 1. The number of aliphatic imine (C=N–C) groups is 1. The van der Waals surface area contributed by atoms with E-state index in [1.165, 1.54) is 5.56 Å². The molecule has 1 aromatic rings. The van der Waals surface area contributed by atoms with Crippen molar-refractivity contribution in [3.63, 3.8) is 0 Å². The number of methoxy groups -OCH3 is 1. The van der Waals surface area contributed by atoms with Crippen molar-refractivity contribution in [1.82, 2.24) is 10.2 Å². The summed E-state index contributed by atoms with van der Waals surface area (Å²) in [4.78, 5) is 6.28. The summed E-state index contributed by atoms with van der Waals surface area (Å²) in [6.45, 7) is 2.19. The predicted octanol–water partition coefficient (Wildman–Crippen LogP) is 2.61. The molecule has 0 aromatic heterocycles. The van der Waals surface area contributed by atoms with Crippen molar-refractivity contribution in [2.24, 2.45) is 4.99 Å². The molecule has 1 rings (SSSR count). The zero-order valence-corrected chi connectivity index (χ0v) is 14.6. The third-order valence-electron chi connectivity index (χ3n) is 2.50. The minimum absolute atomic E-state index is 0. The molecule has 0 spiro atoms. The van der Waals surface area contributed by atoms with Crippen molar-refractivity contribution in [2.75, 3.05) is 34.4 Å². The van der Waals surface area contributed by atoms with Crippen LogP contribution in [0.3, 0.4) is 0 Å². The van der Waals surface area contributed by atoms with E-state index in [0.29, 0.717) is 6.61 Å². The molecule has 0 fully saturated rings. The molecular weight excluding hydrogens is 377 g/mol. The molecule has 108 valence electrons. The van der Waals surface area contributed by atoms with E-state index < -0.39 is 0 Å². The van der Waals surface area contributed by atoms with Gasteiger partial charge >= 0.3 is 0 Å². The third-order valence-corrected chi connectivity index (χ3v) is 2.75. The number of nitrogens with zero attached hydrogens (tertiary/aromatic N) is 2. The van der Waals surface area contributed by atoms with Gasteiger partial charge in [-0.05, 0) is 17.7 Å². The molecular formula is C13H21ClIN3O. The zero-order valence-electron chi connectivity index (χ0n) is 11.5. The molecule has 6 heteroatoms. The van der Waals surface area contributed by atoms with Crippen LogP contribution in [0, 0.1) is 0 Å². The molecule has 0 aliphatic carbocycles. The molecule has 0 bridgehead atoms. The van der Waals surface area contributed by atoms with Gasteiger partial charge in [0.1, 0.15) is 0 Å². The van der Waals surface area contributed by atoms with Gasteiger partial charge in [0.2, 0.25) is 0 Å². The first kappa shape index (κ1) is 18.5. The molecule has 0 amide bonds. The Morgan fingerprint density at radius 1 is 1.37 bits per heavy atom. The van der Waals surface area contributed by atoms with E-state index in [1.54, 1.807) is 14.2 Å². The smallest absolute Gasteiger partial charge is 0.193 e. The summed E-state index contributed by atoms with van der Waals surface area (Å²) in [6.07, 6.45) is 0. The van der Waals surface area contributed by atoms with Crippen molar-refractivity contribution >= 4 is 41.5 Å². The molecule has 4 nitrogen and oxygen atoms in total. The van der Waals surface area contributed by atoms with Crippen LogP contribution in [0.15, 0.2) is 29.3 Å². The van der Waals surface area contributed by atoms with E-state index in [2.05, 4.69) is 15.2 Å². The number of ether oxygens (including phenoxy) is 1. The second kappa shape index (κ2) is 10.3. The summed E-state index contributed by atoms with van der Waals surface area (Å²) >= 11 is 5.86. The first-order chi connectivity index (χ1) is 8.67. The Morgan fingerprint density at radius 2 is 2.00 bits per heavy atom. The molecule has 0 unspecified atom stereocenters. The van der Waals surface area contributed by atoms with E-state index in [-0.39, 0.29) is 24.0 Å². The van der Waals surface area contributed by atoms with Gasteiger partial charge in [-0.1, -0.05) is 23.7 Å². The number of hydrogen-bond acceptors (Lipinski definition) is 2. The van der Waals surface area contributed by atoms with Crippen molar-refractivity contribution in [1.29, 1.82) is 0 Å². The highest BCUT2D eigenvalue weighted by Crippen LogP contribution is 2.10. The standard InChI is InChI=1S/C13H20ClN3O.HI/c1-15-13(16-8-9-18-3)17(2)10-11-4-6-12(14)7-5-11;/h4-7H,8-10H2,1-3H3,(H,15,16);1H. The fraction of sp³-hybridized carbons (Fsp3) is 0.462. The van der Waals surface area contributed by atoms with Gasteiger partial charge in [-0.3, -0.25) is 4.99 Å². The van der Waals surface area contributed by atoms with Gasteiger partial charge in [0.15, 0.2) is 5.96 Å². The highest BCUT2D eigenvalue weighted by Gasteiger charge is 2.05. The first-order valence-corrected chi connectivity index (χ1v) is 6.20. The Balaban J connectivity index is 0.00000324. The summed E-state index contributed by atoms with van der Waals surface area (Å²) < 4.78 is 5.00. The van der Waals surface area contributed by atoms with Crippen LogP contribution in [0.1, 0.15) is 5.56 Å². The Morgan fingerprint density at radius 3 is 2.53 bits per heavy atom. The van der Waals surface area contributed by atoms with Crippen LogP contribution in [0.4, 0.5) is 0 Å². The lowest BCUT2D eigenvalue weighted by atomic mass is 10.2. The second-order valence-electron chi connectivity index (χ2n) is 3.95. The van der Waals surface area contributed by atoms with Crippen LogP contribution in [0.5, 0.6) is 0 Å². The summed E-state index contributed by atoms with van der Waals surface area (Å²) in [5.74, 6) is 0.849. The lowest BCUT2D eigenvalue weighted by molar-refractivity contribution is 0.203. The Hall–Kier alpha value is -0.530. The number of hydrogen-bond donors (Lipinski definition) is 1. The maximum Gasteiger partial charge on any atom is 0.193 e. The maximum absolute atomic E-state index is 5.86. The van der Waals surface area contributed by atoms with Gasteiger partial charge in [-0.25, -0.2) is 0 Å². The van der Waals surface area contributed by atoms with Crippen LogP contribution >= 0.6 is 35.6 Å². The first-order valence-electron chi connectivity index (χ1n) is 5.82. The molecule has 0 saturated heterocycles. The van der Waals surface area contributed by atoms with E-state index in [9.17, 15) is 0 Å². The largest absolute Gasteiger partial charge is 0.383 e. The van der Waals surface area contributed by atoms with E-state index in [1.807, 2.05) is 31.3 Å². The lowest BCUT2D eigenvalue weighted by Gasteiger charge is -2.22. The average Bonchev–Trinajstić information content (AvgIpc) is 2.37. The van der Waals surface area contributed by atoms with Gasteiger partial charge in [0.05, 0.1) is 6.61 Å². The molecule has 1 aromatic carbocycles. The lowest BCUT2D eigenvalue weighted by Crippen LogP contribution is -2.39. The van der Waals surface area contributed by atoms with Gasteiger partial charge in [-0.2, -0.15) is 0 Å². The molecule has 0 atom stereocenters. The summed E-state index contributed by atoms with van der Waals surface area (Å²) in [5.41, 5.74) is 1.19. The van der Waals surface area contributed by atoms with Crippen LogP contribution in [-0.4, -0.2) is 45.2 Å². The van der Waals surface area contributed by atoms with Gasteiger partial charge in [0.25, 0.3) is 0 Å². The molecule has 19 heavy (non-hydrogen) atoms. The maximum atomic E-state index is 5.86. The SMILES string of the molecule is CN=C(NCCOC)N(C)Cc1ccc(Cl)cc1.I. The average molecular weight is 398 g/mol. The quantitative estimate of drug-likeness (QED) is 0.359. The van der Waals surface area contributed by atoms with E-state index in [0.717, 1.165) is 24.1 Å². The summed E-state index contributed by atoms with van der Waals surface area (Å²) in [7, 11) is 5.45. The zero-order chi connectivity index (χ0) is 13.4. The normalized spacial score (nSPS) is 10.8. The third kappa shape index (κ3) is 6.98. The predicted molar refractivity (Wildman–Crippen MR) is 91.6 cm³/mol. The Labute approximate surface area is 137 Å². The Kier molecular flexibility index (Phi) is 9.99. The fourth-order valence-electron chi connectivity index (χ4n) is 1.59. The van der Waals surface area contributed by atoms with E-state index in [4.69, 9.17) is 16.3 Å². The van der Waals surface area contributed by atoms with Crippen molar-refractivity contribution in [3.8, 4) is 0 Å². The summed E-state index contributed by atoms with van der Waals surface area (Å²) in [6, 6.07) is 7.82. The molecule has 0 aliphatic heterocycles. The minimum atomic E-state index is 0. The molecule has 0 radical (unpaired) electrons. The van der Waals surface area contributed by atoms with Crippen LogP contribution in [0.2, 0.25) is 5.02 Å². The van der Waals surface area contributed by atoms with Gasteiger partial charge in [0, 0.05) is 39.3 Å². The van der Waals surface area contributed by atoms with Crippen molar-refractivity contribution < 1.29 is 4.74 Å². The second-order valence-corrected chi connectivity index (χ2v) is 4.39. The summed E-state index contributed by atoms with van der Waals surface area (Å²) in [5, 5.41) is 3.98. The number of guanidine groups is 1. The molecule has 1 N–H and O–H groups in total. The monoisotopic (exact) mass is 397 g/mol. The fourth-order valence-corrected chi connectivity index (χ4v) is 1.71. The highest BCUT2D eigenvalue weighted by atomic mass is 127. The Bertz CT molecular complexity index is 384. The highest BCUT2D eigenvalue weighted by molar-refractivity contribution is 14.0.